The summed E-state index contributed by atoms with van der Waals surface area (Å²) in [5, 5.41) is 4.24. The molecule has 0 spiro atoms. The molecule has 2 aromatic rings. The van der Waals surface area contributed by atoms with Gasteiger partial charge >= 0.3 is 0 Å². The van der Waals surface area contributed by atoms with Gasteiger partial charge in [0, 0.05) is 42.9 Å². The third-order valence-corrected chi connectivity index (χ3v) is 4.11. The first-order valence-electron chi connectivity index (χ1n) is 7.17. The van der Waals surface area contributed by atoms with E-state index in [1.165, 1.54) is 29.8 Å². The fraction of sp³-hybridized carbons (Fsp3) is 0.533. The molecule has 0 fully saturated rings. The van der Waals surface area contributed by atoms with Crippen molar-refractivity contribution in [1.29, 1.82) is 0 Å². The molecule has 0 aliphatic heterocycles. The summed E-state index contributed by atoms with van der Waals surface area (Å²) in [5.74, 6) is 0. The molecule has 2 N–H and O–H groups in total. The van der Waals surface area contributed by atoms with Gasteiger partial charge in [-0.25, -0.2) is 0 Å². The molecule has 1 aliphatic rings. The fourth-order valence-electron chi connectivity index (χ4n) is 3.14. The van der Waals surface area contributed by atoms with Crippen LogP contribution in [0.5, 0.6) is 0 Å². The Hall–Kier alpha value is -1.55. The average molecular weight is 258 g/mol. The van der Waals surface area contributed by atoms with E-state index in [9.17, 15) is 0 Å². The number of nitrogens with zero attached hydrogens (tertiary/aromatic N) is 3. The Balaban J connectivity index is 1.70. The molecule has 4 heteroatoms. The van der Waals surface area contributed by atoms with Gasteiger partial charge in [-0.05, 0) is 50.3 Å². The molecule has 2 heterocycles. The van der Waals surface area contributed by atoms with Gasteiger partial charge in [0.05, 0.1) is 0 Å². The van der Waals surface area contributed by atoms with Crippen LogP contribution in [0.25, 0.3) is 0 Å². The van der Waals surface area contributed by atoms with Crippen LogP contribution in [-0.2, 0) is 19.5 Å². The minimum Gasteiger partial charge on any atom is -0.348 e. The molecule has 3 rings (SSSR count). The van der Waals surface area contributed by atoms with Crippen molar-refractivity contribution in [2.45, 2.75) is 51.7 Å². The molecular weight excluding hydrogens is 236 g/mol. The van der Waals surface area contributed by atoms with E-state index in [2.05, 4.69) is 22.7 Å². The lowest BCUT2D eigenvalue weighted by Crippen LogP contribution is -2.18. The lowest BCUT2D eigenvalue weighted by molar-refractivity contribution is 0.494. The van der Waals surface area contributed by atoms with Crippen LogP contribution in [0, 0.1) is 6.92 Å². The second-order valence-corrected chi connectivity index (χ2v) is 5.46. The second-order valence-electron chi connectivity index (χ2n) is 5.46. The van der Waals surface area contributed by atoms with E-state index in [0.717, 1.165) is 25.9 Å². The zero-order valence-electron chi connectivity index (χ0n) is 11.5. The van der Waals surface area contributed by atoms with E-state index < -0.39 is 0 Å². The number of aryl methyl sites for hydroxylation is 2. The summed E-state index contributed by atoms with van der Waals surface area (Å²) < 4.78 is 4.45. The SMILES string of the molecule is Cc1cc2c(n1CCCn1cccn1)CCCC2N. The highest BCUT2D eigenvalue weighted by Crippen LogP contribution is 2.30. The van der Waals surface area contributed by atoms with Gasteiger partial charge in [0.1, 0.15) is 0 Å². The first kappa shape index (κ1) is 12.5. The number of hydrogen-bond acceptors (Lipinski definition) is 2. The number of rotatable bonds is 4. The van der Waals surface area contributed by atoms with E-state index in [1.54, 1.807) is 0 Å². The summed E-state index contributed by atoms with van der Waals surface area (Å²) >= 11 is 0. The van der Waals surface area contributed by atoms with Gasteiger partial charge in [-0.1, -0.05) is 0 Å². The summed E-state index contributed by atoms with van der Waals surface area (Å²) in [7, 11) is 0. The quantitative estimate of drug-likeness (QED) is 0.915. The number of fused-ring (bicyclic) bond motifs is 1. The molecule has 1 atom stereocenters. The maximum absolute atomic E-state index is 6.21. The van der Waals surface area contributed by atoms with Crippen molar-refractivity contribution in [2.24, 2.45) is 5.73 Å². The lowest BCUT2D eigenvalue weighted by atomic mass is 9.93. The minimum atomic E-state index is 0.245. The normalized spacial score (nSPS) is 18.5. The number of nitrogens with two attached hydrogens (primary N) is 1. The molecule has 0 aromatic carbocycles. The Morgan fingerprint density at radius 2 is 2.32 bits per heavy atom. The molecule has 0 amide bonds. The first-order valence-corrected chi connectivity index (χ1v) is 7.17. The van der Waals surface area contributed by atoms with Crippen molar-refractivity contribution in [3.8, 4) is 0 Å². The molecule has 19 heavy (non-hydrogen) atoms. The molecular formula is C15H22N4. The largest absolute Gasteiger partial charge is 0.348 e. The van der Waals surface area contributed by atoms with E-state index in [0.29, 0.717) is 0 Å². The Labute approximate surface area is 114 Å². The fourth-order valence-corrected chi connectivity index (χ4v) is 3.14. The molecule has 1 unspecified atom stereocenters. The van der Waals surface area contributed by atoms with Gasteiger partial charge < -0.3 is 10.3 Å². The summed E-state index contributed by atoms with van der Waals surface area (Å²) in [6.45, 7) is 4.23. The Kier molecular flexibility index (Phi) is 3.42. The van der Waals surface area contributed by atoms with Crippen LogP contribution in [0.2, 0.25) is 0 Å². The summed E-state index contributed by atoms with van der Waals surface area (Å²) in [6.07, 6.45) is 8.49. The van der Waals surface area contributed by atoms with Crippen LogP contribution in [0.4, 0.5) is 0 Å². The van der Waals surface area contributed by atoms with Crippen molar-refractivity contribution >= 4 is 0 Å². The summed E-state index contributed by atoms with van der Waals surface area (Å²) in [4.78, 5) is 0. The Morgan fingerprint density at radius 3 is 3.11 bits per heavy atom. The highest BCUT2D eigenvalue weighted by Gasteiger charge is 2.21. The predicted molar refractivity (Wildman–Crippen MR) is 75.9 cm³/mol. The highest BCUT2D eigenvalue weighted by atomic mass is 15.3. The van der Waals surface area contributed by atoms with E-state index in [1.807, 2.05) is 23.1 Å². The second kappa shape index (κ2) is 5.21. The maximum Gasteiger partial charge on any atom is 0.0489 e. The minimum absolute atomic E-state index is 0.245. The molecule has 2 aromatic heterocycles. The summed E-state index contributed by atoms with van der Waals surface area (Å²) in [6, 6.07) is 4.50. The van der Waals surface area contributed by atoms with Crippen molar-refractivity contribution in [3.05, 3.63) is 41.5 Å². The highest BCUT2D eigenvalue weighted by molar-refractivity contribution is 5.32. The average Bonchev–Trinajstić information content (AvgIpc) is 3.00. The molecule has 102 valence electrons. The van der Waals surface area contributed by atoms with Crippen LogP contribution in [0.3, 0.4) is 0 Å². The van der Waals surface area contributed by atoms with Crippen LogP contribution in [0.1, 0.15) is 42.3 Å². The van der Waals surface area contributed by atoms with Gasteiger partial charge in [-0.2, -0.15) is 5.10 Å². The zero-order chi connectivity index (χ0) is 13.2. The van der Waals surface area contributed by atoms with Crippen molar-refractivity contribution in [1.82, 2.24) is 14.3 Å². The van der Waals surface area contributed by atoms with Gasteiger partial charge in [-0.3, -0.25) is 4.68 Å². The van der Waals surface area contributed by atoms with Crippen LogP contribution < -0.4 is 5.73 Å². The smallest absolute Gasteiger partial charge is 0.0489 e. The van der Waals surface area contributed by atoms with Gasteiger partial charge in [0.15, 0.2) is 0 Å². The Bertz CT molecular complexity index is 539. The molecule has 1 aliphatic carbocycles. The third kappa shape index (κ3) is 2.45. The van der Waals surface area contributed by atoms with Gasteiger partial charge in [-0.15, -0.1) is 0 Å². The third-order valence-electron chi connectivity index (χ3n) is 4.11. The molecule has 4 nitrogen and oxygen atoms in total. The standard InChI is InChI=1S/C15H22N4/c1-12-11-13-14(16)5-2-6-15(13)19(12)10-4-9-18-8-3-7-17-18/h3,7-8,11,14H,2,4-6,9-10,16H2,1H3. The Morgan fingerprint density at radius 1 is 1.42 bits per heavy atom. The van der Waals surface area contributed by atoms with Crippen LogP contribution in [0.15, 0.2) is 24.5 Å². The zero-order valence-corrected chi connectivity index (χ0v) is 11.5. The topological polar surface area (TPSA) is 48.8 Å². The van der Waals surface area contributed by atoms with E-state index >= 15 is 0 Å². The van der Waals surface area contributed by atoms with Gasteiger partial charge in [0.2, 0.25) is 0 Å². The van der Waals surface area contributed by atoms with E-state index in [4.69, 9.17) is 5.73 Å². The predicted octanol–water partition coefficient (Wildman–Crippen LogP) is 2.42. The molecule has 0 saturated carbocycles. The lowest BCUT2D eigenvalue weighted by Gasteiger charge is -2.21. The van der Waals surface area contributed by atoms with Crippen molar-refractivity contribution < 1.29 is 0 Å². The number of aromatic nitrogens is 3. The van der Waals surface area contributed by atoms with Gasteiger partial charge in [0.25, 0.3) is 0 Å². The first-order chi connectivity index (χ1) is 9.25. The van der Waals surface area contributed by atoms with Crippen LogP contribution in [-0.4, -0.2) is 14.3 Å². The van der Waals surface area contributed by atoms with E-state index in [-0.39, 0.29) is 6.04 Å². The van der Waals surface area contributed by atoms with Crippen molar-refractivity contribution in [3.63, 3.8) is 0 Å². The molecule has 0 bridgehead atoms. The number of hydrogen-bond donors (Lipinski definition) is 1. The molecule has 0 saturated heterocycles. The molecule has 0 radical (unpaired) electrons. The monoisotopic (exact) mass is 258 g/mol. The van der Waals surface area contributed by atoms with Crippen molar-refractivity contribution in [2.75, 3.05) is 0 Å². The maximum atomic E-state index is 6.21. The summed E-state index contributed by atoms with van der Waals surface area (Å²) in [5.41, 5.74) is 10.4. The van der Waals surface area contributed by atoms with Crippen LogP contribution >= 0.6 is 0 Å².